The van der Waals surface area contributed by atoms with Gasteiger partial charge in [0.15, 0.2) is 0 Å². The molecule has 2 aliphatic rings. The molecule has 0 atom stereocenters. The van der Waals surface area contributed by atoms with E-state index in [0.717, 1.165) is 55.8 Å². The van der Waals surface area contributed by atoms with E-state index in [-0.39, 0.29) is 17.6 Å². The molecule has 3 rings (SSSR count). The molecular weight excluding hydrogens is 379 g/mol. The van der Waals surface area contributed by atoms with Crippen molar-refractivity contribution in [2.24, 2.45) is 23.7 Å². The zero-order valence-electron chi connectivity index (χ0n) is 17.2. The molecule has 0 N–H and O–H groups in total. The summed E-state index contributed by atoms with van der Waals surface area (Å²) >= 11 is 0. The highest BCUT2D eigenvalue weighted by atomic mass is 19.4. The van der Waals surface area contributed by atoms with Gasteiger partial charge in [0.05, 0.1) is 12.1 Å². The minimum Gasteiger partial charge on any atom is -0.425 e. The van der Waals surface area contributed by atoms with Gasteiger partial charge in [-0.3, -0.25) is 4.79 Å². The Morgan fingerprint density at radius 3 is 2.17 bits per heavy atom. The van der Waals surface area contributed by atoms with Crippen LogP contribution in [0, 0.1) is 23.7 Å². The zero-order chi connectivity index (χ0) is 20.9. The molecule has 0 aromatic carbocycles. The number of nitrogens with zero attached hydrogens (tertiary/aromatic N) is 1. The number of carbonyl (C=O) groups is 1. The summed E-state index contributed by atoms with van der Waals surface area (Å²) in [6, 6.07) is 2.01. The van der Waals surface area contributed by atoms with Crippen LogP contribution in [-0.4, -0.2) is 11.0 Å². The average molecular weight is 412 g/mol. The fraction of sp³-hybridized carbons (Fsp3) is 0.739. The molecule has 6 heteroatoms. The van der Waals surface area contributed by atoms with Crippen molar-refractivity contribution in [3.8, 4) is 5.75 Å². The second-order valence-corrected chi connectivity index (χ2v) is 8.83. The van der Waals surface area contributed by atoms with Gasteiger partial charge < -0.3 is 4.74 Å². The lowest BCUT2D eigenvalue weighted by molar-refractivity contribution is -0.141. The van der Waals surface area contributed by atoms with E-state index in [1.807, 2.05) is 0 Å². The van der Waals surface area contributed by atoms with Gasteiger partial charge >= 0.3 is 12.1 Å². The summed E-state index contributed by atoms with van der Waals surface area (Å²) in [4.78, 5) is 15.7. The Balaban J connectivity index is 1.42. The Bertz CT molecular complexity index is 643. The van der Waals surface area contributed by atoms with Crippen LogP contribution in [0.4, 0.5) is 13.2 Å². The lowest BCUT2D eigenvalue weighted by Crippen LogP contribution is -2.30. The lowest BCUT2D eigenvalue weighted by atomic mass is 9.68. The van der Waals surface area contributed by atoms with Gasteiger partial charge in [-0.05, 0) is 68.4 Å². The number of hydrogen-bond acceptors (Lipinski definition) is 3. The smallest absolute Gasteiger partial charge is 0.425 e. The van der Waals surface area contributed by atoms with Crippen LogP contribution < -0.4 is 4.74 Å². The van der Waals surface area contributed by atoms with Gasteiger partial charge in [-0.25, -0.2) is 4.98 Å². The maximum atomic E-state index is 12.6. The largest absolute Gasteiger partial charge is 0.433 e. The van der Waals surface area contributed by atoms with Gasteiger partial charge in [0, 0.05) is 0 Å². The number of alkyl halides is 3. The highest BCUT2D eigenvalue weighted by Crippen LogP contribution is 2.42. The molecule has 0 amide bonds. The molecule has 0 unspecified atom stereocenters. The predicted molar refractivity (Wildman–Crippen MR) is 105 cm³/mol. The number of ether oxygens (including phenoxy) is 1. The van der Waals surface area contributed by atoms with Crippen LogP contribution in [-0.2, 0) is 11.0 Å². The molecule has 0 radical (unpaired) electrons. The van der Waals surface area contributed by atoms with Gasteiger partial charge in [0.1, 0.15) is 11.4 Å². The van der Waals surface area contributed by atoms with Crippen LogP contribution in [0.2, 0.25) is 0 Å². The normalized spacial score (nSPS) is 28.1. The third kappa shape index (κ3) is 6.19. The van der Waals surface area contributed by atoms with Crippen LogP contribution in [0.5, 0.6) is 5.75 Å². The number of esters is 1. The minimum absolute atomic E-state index is 0.0792. The molecule has 2 saturated carbocycles. The molecule has 1 aromatic heterocycles. The van der Waals surface area contributed by atoms with Crippen molar-refractivity contribution in [3.05, 3.63) is 24.0 Å². The number of pyridine rings is 1. The van der Waals surface area contributed by atoms with E-state index in [1.54, 1.807) is 0 Å². The summed E-state index contributed by atoms with van der Waals surface area (Å²) in [5.41, 5.74) is -0.984. The summed E-state index contributed by atoms with van der Waals surface area (Å²) in [7, 11) is 0. The van der Waals surface area contributed by atoms with Crippen LogP contribution in [0.15, 0.2) is 18.3 Å². The standard InChI is InChI=1S/C23H32F3NO2/c1-2-3-4-16-5-7-17(8-6-16)18-9-11-19(12-10-18)22(28)29-20-13-14-21(27-15-20)23(24,25)26/h13-19H,2-12H2,1H3/t16-,17-,18?,19?. The second kappa shape index (κ2) is 9.94. The quantitative estimate of drug-likeness (QED) is 0.483. The van der Waals surface area contributed by atoms with Crippen molar-refractivity contribution < 1.29 is 22.7 Å². The lowest BCUT2D eigenvalue weighted by Gasteiger charge is -2.37. The molecule has 0 aliphatic heterocycles. The summed E-state index contributed by atoms with van der Waals surface area (Å²) < 4.78 is 43.0. The molecule has 1 aromatic rings. The molecule has 0 bridgehead atoms. The first-order valence-corrected chi connectivity index (χ1v) is 11.1. The van der Waals surface area contributed by atoms with Gasteiger partial charge in [0.2, 0.25) is 0 Å². The Labute approximate surface area is 171 Å². The number of hydrogen-bond donors (Lipinski definition) is 0. The first-order chi connectivity index (χ1) is 13.9. The van der Waals surface area contributed by atoms with E-state index < -0.39 is 11.9 Å². The Hall–Kier alpha value is -1.59. The molecule has 162 valence electrons. The van der Waals surface area contributed by atoms with Crippen LogP contribution >= 0.6 is 0 Å². The summed E-state index contributed by atoms with van der Waals surface area (Å²) in [6.07, 6.45) is 9.57. The van der Waals surface area contributed by atoms with E-state index in [0.29, 0.717) is 5.92 Å². The van der Waals surface area contributed by atoms with Gasteiger partial charge in [0.25, 0.3) is 0 Å². The monoisotopic (exact) mass is 411 g/mol. The fourth-order valence-electron chi connectivity index (χ4n) is 5.08. The average Bonchev–Trinajstić information content (AvgIpc) is 2.72. The predicted octanol–water partition coefficient (Wildman–Crippen LogP) is 6.81. The van der Waals surface area contributed by atoms with Crippen molar-refractivity contribution in [2.45, 2.75) is 83.7 Å². The van der Waals surface area contributed by atoms with E-state index >= 15 is 0 Å². The number of halogens is 3. The third-order valence-corrected chi connectivity index (χ3v) is 6.87. The Morgan fingerprint density at radius 2 is 1.66 bits per heavy atom. The van der Waals surface area contributed by atoms with Crippen molar-refractivity contribution in [3.63, 3.8) is 0 Å². The van der Waals surface area contributed by atoms with E-state index in [2.05, 4.69) is 11.9 Å². The summed E-state index contributed by atoms with van der Waals surface area (Å²) in [6.45, 7) is 2.25. The van der Waals surface area contributed by atoms with Gasteiger partial charge in [-0.15, -0.1) is 0 Å². The molecule has 29 heavy (non-hydrogen) atoms. The molecular formula is C23H32F3NO2. The van der Waals surface area contributed by atoms with Crippen molar-refractivity contribution in [1.82, 2.24) is 4.98 Å². The van der Waals surface area contributed by atoms with Crippen LogP contribution in [0.25, 0.3) is 0 Å². The maximum Gasteiger partial charge on any atom is 0.433 e. The molecule has 2 fully saturated rings. The first-order valence-electron chi connectivity index (χ1n) is 11.1. The van der Waals surface area contributed by atoms with Crippen molar-refractivity contribution in [2.75, 3.05) is 0 Å². The maximum absolute atomic E-state index is 12.6. The van der Waals surface area contributed by atoms with Crippen LogP contribution in [0.1, 0.15) is 83.2 Å². The van der Waals surface area contributed by atoms with E-state index in [4.69, 9.17) is 4.74 Å². The second-order valence-electron chi connectivity index (χ2n) is 8.83. The Kier molecular flexibility index (Phi) is 7.58. The topological polar surface area (TPSA) is 39.2 Å². The fourth-order valence-corrected chi connectivity index (χ4v) is 5.08. The number of rotatable bonds is 6. The highest BCUT2D eigenvalue weighted by molar-refractivity contribution is 5.75. The molecule has 0 spiro atoms. The minimum atomic E-state index is -4.49. The molecule has 3 nitrogen and oxygen atoms in total. The van der Waals surface area contributed by atoms with Gasteiger partial charge in [-0.2, -0.15) is 13.2 Å². The summed E-state index contributed by atoms with van der Waals surface area (Å²) in [5.74, 6) is 2.00. The summed E-state index contributed by atoms with van der Waals surface area (Å²) in [5, 5.41) is 0. The SMILES string of the molecule is CCCC[C@H]1CC[C@H](C2CCC(C(=O)Oc3ccc(C(F)(F)F)nc3)CC2)CC1. The molecule has 2 aliphatic carbocycles. The van der Waals surface area contributed by atoms with Crippen LogP contribution in [0.3, 0.4) is 0 Å². The number of aromatic nitrogens is 1. The van der Waals surface area contributed by atoms with Crippen molar-refractivity contribution >= 4 is 5.97 Å². The molecule has 0 saturated heterocycles. The zero-order valence-corrected chi connectivity index (χ0v) is 17.2. The Morgan fingerprint density at radius 1 is 1.03 bits per heavy atom. The first kappa shape index (κ1) is 22.1. The van der Waals surface area contributed by atoms with E-state index in [1.165, 1.54) is 44.9 Å². The van der Waals surface area contributed by atoms with E-state index in [9.17, 15) is 18.0 Å². The number of carbonyl (C=O) groups excluding carboxylic acids is 1. The molecule has 1 heterocycles. The van der Waals surface area contributed by atoms with Gasteiger partial charge in [-0.1, -0.05) is 39.0 Å². The number of unbranched alkanes of at least 4 members (excludes halogenated alkanes) is 1. The van der Waals surface area contributed by atoms with Crippen molar-refractivity contribution in [1.29, 1.82) is 0 Å². The highest BCUT2D eigenvalue weighted by Gasteiger charge is 2.34. The third-order valence-electron chi connectivity index (χ3n) is 6.87.